The minimum Gasteiger partial charge on any atom is -0.359 e. The Balaban J connectivity index is 1.92. The smallest absolute Gasteiger partial charge is 0.317 e. The average molecular weight is 336 g/mol. The van der Waals surface area contributed by atoms with E-state index in [-0.39, 0.29) is 12.1 Å². The first-order valence-corrected chi connectivity index (χ1v) is 8.38. The number of aryl methyl sites for hydroxylation is 2. The quantitative estimate of drug-likeness (QED) is 0.881. The number of aromatic nitrogens is 1. The van der Waals surface area contributed by atoms with Crippen molar-refractivity contribution in [3.63, 3.8) is 0 Å². The SMILES string of the molecule is Cc1cc(CN(C)C(=O)NC[C@@H](c2sccc2C)N(C)C)on1. The summed E-state index contributed by atoms with van der Waals surface area (Å²) in [6.07, 6.45) is 0. The Bertz CT molecular complexity index is 650. The van der Waals surface area contributed by atoms with Gasteiger partial charge in [0.05, 0.1) is 18.3 Å². The van der Waals surface area contributed by atoms with Crippen LogP contribution in [0.4, 0.5) is 4.79 Å². The number of urea groups is 1. The zero-order valence-corrected chi connectivity index (χ0v) is 15.1. The van der Waals surface area contributed by atoms with E-state index in [1.54, 1.807) is 23.3 Å². The third-order valence-corrected chi connectivity index (χ3v) is 4.81. The molecule has 1 atom stereocenters. The molecule has 0 aromatic carbocycles. The molecule has 6 nitrogen and oxygen atoms in total. The van der Waals surface area contributed by atoms with Crippen molar-refractivity contribution in [2.24, 2.45) is 0 Å². The van der Waals surface area contributed by atoms with Crippen LogP contribution in [0.1, 0.15) is 27.9 Å². The van der Waals surface area contributed by atoms with Gasteiger partial charge in [-0.05, 0) is 45.0 Å². The molecule has 0 saturated heterocycles. The van der Waals surface area contributed by atoms with E-state index in [4.69, 9.17) is 4.52 Å². The van der Waals surface area contributed by atoms with E-state index in [2.05, 4.69) is 33.7 Å². The number of nitrogens with zero attached hydrogens (tertiary/aromatic N) is 3. The lowest BCUT2D eigenvalue weighted by molar-refractivity contribution is 0.195. The molecule has 2 amide bonds. The molecule has 0 unspecified atom stereocenters. The third kappa shape index (κ3) is 4.56. The second-order valence-corrected chi connectivity index (χ2v) is 6.87. The minimum atomic E-state index is -0.125. The summed E-state index contributed by atoms with van der Waals surface area (Å²) in [6, 6.07) is 3.98. The molecule has 7 heteroatoms. The van der Waals surface area contributed by atoms with Crippen LogP contribution in [0.5, 0.6) is 0 Å². The van der Waals surface area contributed by atoms with Crippen LogP contribution in [-0.4, -0.2) is 48.7 Å². The highest BCUT2D eigenvalue weighted by molar-refractivity contribution is 7.10. The summed E-state index contributed by atoms with van der Waals surface area (Å²) in [5.74, 6) is 0.679. The Kier molecular flexibility index (Phi) is 5.79. The fraction of sp³-hybridized carbons (Fsp3) is 0.500. The summed E-state index contributed by atoms with van der Waals surface area (Å²) in [6.45, 7) is 4.92. The van der Waals surface area contributed by atoms with E-state index in [0.717, 1.165) is 5.69 Å². The van der Waals surface area contributed by atoms with Crippen molar-refractivity contribution in [1.82, 2.24) is 20.3 Å². The van der Waals surface area contributed by atoms with Gasteiger partial charge in [0.1, 0.15) is 0 Å². The van der Waals surface area contributed by atoms with Crippen molar-refractivity contribution in [2.75, 3.05) is 27.7 Å². The standard InChI is InChI=1S/C16H24N4O2S/c1-11-6-7-23-15(11)14(19(3)4)9-17-16(21)20(5)10-13-8-12(2)18-22-13/h6-8,14H,9-10H2,1-5H3,(H,17,21)/t14-/m0/s1. The largest absolute Gasteiger partial charge is 0.359 e. The highest BCUT2D eigenvalue weighted by Gasteiger charge is 2.20. The van der Waals surface area contributed by atoms with E-state index in [9.17, 15) is 4.79 Å². The number of nitrogens with one attached hydrogen (secondary N) is 1. The molecule has 0 aliphatic carbocycles. The predicted octanol–water partition coefficient (Wildman–Crippen LogP) is 2.80. The fourth-order valence-electron chi connectivity index (χ4n) is 2.35. The minimum absolute atomic E-state index is 0.125. The zero-order chi connectivity index (χ0) is 17.0. The number of thiophene rings is 1. The number of carbonyl (C=O) groups is 1. The van der Waals surface area contributed by atoms with Crippen LogP contribution in [0.25, 0.3) is 0 Å². The first-order chi connectivity index (χ1) is 10.9. The Hall–Kier alpha value is -1.86. The number of hydrogen-bond acceptors (Lipinski definition) is 5. The van der Waals surface area contributed by atoms with Crippen LogP contribution < -0.4 is 5.32 Å². The predicted molar refractivity (Wildman–Crippen MR) is 91.6 cm³/mol. The molecule has 0 aliphatic rings. The van der Waals surface area contributed by atoms with Crippen LogP contribution in [-0.2, 0) is 6.54 Å². The lowest BCUT2D eigenvalue weighted by Gasteiger charge is -2.26. The molecule has 0 aliphatic heterocycles. The fourth-order valence-corrected chi connectivity index (χ4v) is 3.47. The van der Waals surface area contributed by atoms with Gasteiger partial charge >= 0.3 is 6.03 Å². The number of likely N-dealkylation sites (N-methyl/N-ethyl adjacent to an activating group) is 1. The second kappa shape index (κ2) is 7.61. The van der Waals surface area contributed by atoms with E-state index >= 15 is 0 Å². The summed E-state index contributed by atoms with van der Waals surface area (Å²) in [5, 5.41) is 8.91. The third-order valence-electron chi connectivity index (χ3n) is 3.69. The van der Waals surface area contributed by atoms with Gasteiger partial charge in [0, 0.05) is 24.5 Å². The average Bonchev–Trinajstić information content (AvgIpc) is 3.08. The van der Waals surface area contributed by atoms with Crippen LogP contribution in [0, 0.1) is 13.8 Å². The maximum absolute atomic E-state index is 12.3. The molecule has 2 heterocycles. The Morgan fingerprint density at radius 3 is 2.65 bits per heavy atom. The Labute approximate surface area is 141 Å². The second-order valence-electron chi connectivity index (χ2n) is 5.92. The maximum atomic E-state index is 12.3. The summed E-state index contributed by atoms with van der Waals surface area (Å²) in [7, 11) is 5.79. The van der Waals surface area contributed by atoms with Crippen LogP contribution >= 0.6 is 11.3 Å². The van der Waals surface area contributed by atoms with Gasteiger partial charge in [0.25, 0.3) is 0 Å². The highest BCUT2D eigenvalue weighted by atomic mass is 32.1. The van der Waals surface area contributed by atoms with Gasteiger partial charge < -0.3 is 19.6 Å². The van der Waals surface area contributed by atoms with Crippen LogP contribution in [0.15, 0.2) is 22.0 Å². The highest BCUT2D eigenvalue weighted by Crippen LogP contribution is 2.26. The Morgan fingerprint density at radius 2 is 2.13 bits per heavy atom. The van der Waals surface area contributed by atoms with Crippen molar-refractivity contribution in [3.05, 3.63) is 39.4 Å². The molecule has 23 heavy (non-hydrogen) atoms. The van der Waals surface area contributed by atoms with Crippen molar-refractivity contribution in [3.8, 4) is 0 Å². The molecule has 0 spiro atoms. The summed E-state index contributed by atoms with van der Waals surface area (Å²) < 4.78 is 5.15. The van der Waals surface area contributed by atoms with Crippen LogP contribution in [0.2, 0.25) is 0 Å². The molecule has 0 radical (unpaired) electrons. The van der Waals surface area contributed by atoms with Gasteiger partial charge in [-0.25, -0.2) is 4.79 Å². The van der Waals surface area contributed by atoms with E-state index < -0.39 is 0 Å². The number of amides is 2. The number of hydrogen-bond donors (Lipinski definition) is 1. The molecular weight excluding hydrogens is 312 g/mol. The van der Waals surface area contributed by atoms with Gasteiger partial charge in [-0.2, -0.15) is 0 Å². The summed E-state index contributed by atoms with van der Waals surface area (Å²) in [4.78, 5) is 17.3. The molecule has 0 saturated carbocycles. The van der Waals surface area contributed by atoms with Gasteiger partial charge in [0.15, 0.2) is 5.76 Å². The van der Waals surface area contributed by atoms with E-state index in [0.29, 0.717) is 18.8 Å². The molecule has 2 rings (SSSR count). The number of carbonyl (C=O) groups excluding carboxylic acids is 1. The van der Waals surface area contributed by atoms with Crippen molar-refractivity contribution in [2.45, 2.75) is 26.4 Å². The van der Waals surface area contributed by atoms with Gasteiger partial charge in [0.2, 0.25) is 0 Å². The van der Waals surface area contributed by atoms with Crippen molar-refractivity contribution >= 4 is 17.4 Å². The monoisotopic (exact) mass is 336 g/mol. The van der Waals surface area contributed by atoms with Gasteiger partial charge in [-0.15, -0.1) is 11.3 Å². The summed E-state index contributed by atoms with van der Waals surface area (Å²) in [5.41, 5.74) is 2.07. The molecule has 1 N–H and O–H groups in total. The lowest BCUT2D eigenvalue weighted by Crippen LogP contribution is -2.41. The molecule has 2 aromatic heterocycles. The van der Waals surface area contributed by atoms with E-state index in [1.165, 1.54) is 10.4 Å². The van der Waals surface area contributed by atoms with E-state index in [1.807, 2.05) is 27.1 Å². The first kappa shape index (κ1) is 17.5. The van der Waals surface area contributed by atoms with Crippen molar-refractivity contribution in [1.29, 1.82) is 0 Å². The molecular formula is C16H24N4O2S. The zero-order valence-electron chi connectivity index (χ0n) is 14.3. The molecule has 2 aromatic rings. The summed E-state index contributed by atoms with van der Waals surface area (Å²) >= 11 is 1.72. The normalized spacial score (nSPS) is 12.4. The lowest BCUT2D eigenvalue weighted by atomic mass is 10.1. The first-order valence-electron chi connectivity index (χ1n) is 7.50. The maximum Gasteiger partial charge on any atom is 0.317 e. The molecule has 0 bridgehead atoms. The molecule has 126 valence electrons. The number of rotatable bonds is 6. The van der Waals surface area contributed by atoms with Crippen molar-refractivity contribution < 1.29 is 9.32 Å². The van der Waals surface area contributed by atoms with Gasteiger partial charge in [-0.3, -0.25) is 0 Å². The molecule has 0 fully saturated rings. The Morgan fingerprint density at radius 1 is 1.39 bits per heavy atom. The van der Waals surface area contributed by atoms with Gasteiger partial charge in [-0.1, -0.05) is 5.16 Å². The topological polar surface area (TPSA) is 61.6 Å². The van der Waals surface area contributed by atoms with Crippen LogP contribution in [0.3, 0.4) is 0 Å².